The van der Waals surface area contributed by atoms with Crippen molar-refractivity contribution in [2.45, 2.75) is 19.8 Å². The lowest BCUT2D eigenvalue weighted by atomic mass is 10.1. The molecular weight excluding hydrogens is 302 g/mol. The molecule has 2 heterocycles. The molecule has 0 bridgehead atoms. The highest BCUT2D eigenvalue weighted by molar-refractivity contribution is 5.30. The Morgan fingerprint density at radius 1 is 1.08 bits per heavy atom. The van der Waals surface area contributed by atoms with Gasteiger partial charge in [0.25, 0.3) is 0 Å². The van der Waals surface area contributed by atoms with E-state index in [4.69, 9.17) is 10.5 Å². The van der Waals surface area contributed by atoms with E-state index in [-0.39, 0.29) is 0 Å². The van der Waals surface area contributed by atoms with Gasteiger partial charge in [-0.25, -0.2) is 9.97 Å². The molecule has 0 aliphatic carbocycles. The number of aryl methyl sites for hydroxylation is 1. The van der Waals surface area contributed by atoms with Crippen LogP contribution in [0.25, 0.3) is 5.82 Å². The molecule has 0 aliphatic heterocycles. The van der Waals surface area contributed by atoms with Crippen LogP contribution in [0.3, 0.4) is 0 Å². The van der Waals surface area contributed by atoms with Crippen LogP contribution < -0.4 is 10.5 Å². The van der Waals surface area contributed by atoms with Gasteiger partial charge >= 0.3 is 0 Å². The zero-order valence-electron chi connectivity index (χ0n) is 13.9. The van der Waals surface area contributed by atoms with Gasteiger partial charge in [0, 0.05) is 18.5 Å². The minimum Gasteiger partial charge on any atom is -0.497 e. The summed E-state index contributed by atoms with van der Waals surface area (Å²) in [5.41, 5.74) is 7.79. The summed E-state index contributed by atoms with van der Waals surface area (Å²) in [4.78, 5) is 9.18. The quantitative estimate of drug-likeness (QED) is 0.751. The summed E-state index contributed by atoms with van der Waals surface area (Å²) >= 11 is 0. The van der Waals surface area contributed by atoms with E-state index in [1.165, 1.54) is 0 Å². The molecule has 0 fully saturated rings. The van der Waals surface area contributed by atoms with Crippen molar-refractivity contribution in [2.24, 2.45) is 5.73 Å². The van der Waals surface area contributed by atoms with E-state index < -0.39 is 0 Å². The molecule has 0 radical (unpaired) electrons. The van der Waals surface area contributed by atoms with Crippen molar-refractivity contribution in [1.82, 2.24) is 19.7 Å². The van der Waals surface area contributed by atoms with Crippen LogP contribution in [0, 0.1) is 6.92 Å². The number of ether oxygens (including phenoxy) is 1. The van der Waals surface area contributed by atoms with Crippen LogP contribution in [0.1, 0.15) is 22.9 Å². The Bertz CT molecular complexity index is 811. The number of aromatic nitrogens is 4. The molecule has 3 aromatic rings. The summed E-state index contributed by atoms with van der Waals surface area (Å²) in [5.74, 6) is 3.20. The van der Waals surface area contributed by atoms with Gasteiger partial charge in [0.2, 0.25) is 0 Å². The van der Waals surface area contributed by atoms with Gasteiger partial charge in [-0.05, 0) is 43.3 Å². The predicted molar refractivity (Wildman–Crippen MR) is 92.4 cm³/mol. The molecule has 124 valence electrons. The first kappa shape index (κ1) is 16.1. The van der Waals surface area contributed by atoms with Crippen molar-refractivity contribution in [2.75, 3.05) is 13.7 Å². The average Bonchev–Trinajstić information content (AvgIpc) is 2.98. The molecule has 0 saturated heterocycles. The molecule has 1 aromatic carbocycles. The van der Waals surface area contributed by atoms with Crippen molar-refractivity contribution in [3.8, 4) is 11.6 Å². The van der Waals surface area contributed by atoms with E-state index in [9.17, 15) is 0 Å². The third kappa shape index (κ3) is 3.60. The molecule has 3 rings (SSSR count). The van der Waals surface area contributed by atoms with Crippen molar-refractivity contribution in [1.29, 1.82) is 0 Å². The zero-order valence-corrected chi connectivity index (χ0v) is 13.9. The number of rotatable bonds is 6. The van der Waals surface area contributed by atoms with Gasteiger partial charge in [0.15, 0.2) is 11.6 Å². The number of pyridine rings is 1. The molecule has 0 atom stereocenters. The first-order valence-electron chi connectivity index (χ1n) is 7.91. The molecule has 0 aliphatic rings. The summed E-state index contributed by atoms with van der Waals surface area (Å²) < 4.78 is 6.98. The van der Waals surface area contributed by atoms with Crippen molar-refractivity contribution in [3.05, 3.63) is 65.4 Å². The first-order chi connectivity index (χ1) is 11.7. The fourth-order valence-corrected chi connectivity index (χ4v) is 2.51. The van der Waals surface area contributed by atoms with Crippen LogP contribution in [0.2, 0.25) is 0 Å². The maximum Gasteiger partial charge on any atom is 0.155 e. The second-order valence-corrected chi connectivity index (χ2v) is 5.56. The maximum absolute atomic E-state index is 5.72. The Kier molecular flexibility index (Phi) is 4.86. The second-order valence-electron chi connectivity index (χ2n) is 5.56. The minimum absolute atomic E-state index is 0.520. The van der Waals surface area contributed by atoms with Crippen molar-refractivity contribution < 1.29 is 4.74 Å². The van der Waals surface area contributed by atoms with Gasteiger partial charge in [-0.3, -0.25) is 0 Å². The highest BCUT2D eigenvalue weighted by Gasteiger charge is 2.12. The Hall–Kier alpha value is -2.73. The Morgan fingerprint density at radius 3 is 2.54 bits per heavy atom. The molecule has 2 N–H and O–H groups in total. The van der Waals surface area contributed by atoms with Gasteiger partial charge in [-0.15, -0.1) is 5.10 Å². The molecule has 2 aromatic heterocycles. The highest BCUT2D eigenvalue weighted by Crippen LogP contribution is 2.15. The van der Waals surface area contributed by atoms with Crippen molar-refractivity contribution >= 4 is 0 Å². The minimum atomic E-state index is 0.520. The van der Waals surface area contributed by atoms with E-state index in [0.29, 0.717) is 19.4 Å². The Labute approximate surface area is 141 Å². The molecule has 0 unspecified atom stereocenters. The first-order valence-corrected chi connectivity index (χ1v) is 7.91. The van der Waals surface area contributed by atoms with Gasteiger partial charge in [0.1, 0.15) is 11.6 Å². The summed E-state index contributed by atoms with van der Waals surface area (Å²) in [5, 5.41) is 4.63. The van der Waals surface area contributed by atoms with Gasteiger partial charge in [-0.1, -0.05) is 18.2 Å². The van der Waals surface area contributed by atoms with E-state index in [2.05, 4.69) is 15.1 Å². The standard InChI is InChI=1S/C18H21N5O/c1-13-4-3-5-17(20-13)23-18(10-11-19)21-16(22-23)12-14-6-8-15(24-2)9-7-14/h3-9H,10-12,19H2,1-2H3. The fourth-order valence-electron chi connectivity index (χ4n) is 2.51. The topological polar surface area (TPSA) is 78.9 Å². The summed E-state index contributed by atoms with van der Waals surface area (Å²) in [6, 6.07) is 13.8. The second kappa shape index (κ2) is 7.23. The third-order valence-corrected chi connectivity index (χ3v) is 3.70. The summed E-state index contributed by atoms with van der Waals surface area (Å²) in [6.45, 7) is 2.48. The number of nitrogens with zero attached hydrogens (tertiary/aromatic N) is 4. The van der Waals surface area contributed by atoms with Crippen LogP contribution in [-0.2, 0) is 12.8 Å². The molecular formula is C18H21N5O. The number of benzene rings is 1. The Balaban J connectivity index is 1.90. The molecule has 0 amide bonds. The van der Waals surface area contributed by atoms with Crippen LogP contribution in [0.5, 0.6) is 5.75 Å². The zero-order chi connectivity index (χ0) is 16.9. The highest BCUT2D eigenvalue weighted by atomic mass is 16.5. The van der Waals surface area contributed by atoms with Gasteiger partial charge < -0.3 is 10.5 Å². The van der Waals surface area contributed by atoms with Gasteiger partial charge in [-0.2, -0.15) is 4.68 Å². The monoisotopic (exact) mass is 323 g/mol. The molecule has 0 spiro atoms. The maximum atomic E-state index is 5.72. The van der Waals surface area contributed by atoms with E-state index in [1.54, 1.807) is 11.8 Å². The smallest absolute Gasteiger partial charge is 0.155 e. The lowest BCUT2D eigenvalue weighted by Gasteiger charge is -2.04. The van der Waals surface area contributed by atoms with E-state index in [0.717, 1.165) is 34.5 Å². The number of hydrogen-bond acceptors (Lipinski definition) is 5. The lowest BCUT2D eigenvalue weighted by molar-refractivity contribution is 0.414. The molecule has 24 heavy (non-hydrogen) atoms. The number of nitrogens with two attached hydrogens (primary N) is 1. The Morgan fingerprint density at radius 2 is 1.88 bits per heavy atom. The molecule has 6 nitrogen and oxygen atoms in total. The lowest BCUT2D eigenvalue weighted by Crippen LogP contribution is -2.11. The molecule has 6 heteroatoms. The van der Waals surface area contributed by atoms with E-state index >= 15 is 0 Å². The average molecular weight is 323 g/mol. The van der Waals surface area contributed by atoms with Crippen LogP contribution in [-0.4, -0.2) is 33.4 Å². The number of hydrogen-bond donors (Lipinski definition) is 1. The number of methoxy groups -OCH3 is 1. The van der Waals surface area contributed by atoms with Crippen LogP contribution in [0.4, 0.5) is 0 Å². The van der Waals surface area contributed by atoms with Crippen LogP contribution >= 0.6 is 0 Å². The van der Waals surface area contributed by atoms with Crippen LogP contribution in [0.15, 0.2) is 42.5 Å². The fraction of sp³-hybridized carbons (Fsp3) is 0.278. The van der Waals surface area contributed by atoms with Crippen molar-refractivity contribution in [3.63, 3.8) is 0 Å². The van der Waals surface area contributed by atoms with Gasteiger partial charge in [0.05, 0.1) is 7.11 Å². The van der Waals surface area contributed by atoms with E-state index in [1.807, 2.05) is 49.4 Å². The normalized spacial score (nSPS) is 10.8. The predicted octanol–water partition coefficient (Wildman–Crippen LogP) is 2.07. The summed E-state index contributed by atoms with van der Waals surface area (Å²) in [6.07, 6.45) is 1.31. The SMILES string of the molecule is COc1ccc(Cc2nc(CCN)n(-c3cccc(C)n3)n2)cc1. The largest absolute Gasteiger partial charge is 0.497 e. The summed E-state index contributed by atoms with van der Waals surface area (Å²) in [7, 11) is 1.66. The molecule has 0 saturated carbocycles. The third-order valence-electron chi connectivity index (χ3n) is 3.70.